The molecule has 1 aromatic rings. The molecule has 0 aliphatic heterocycles. The first kappa shape index (κ1) is 16.0. The predicted molar refractivity (Wildman–Crippen MR) is 79.3 cm³/mol. The van der Waals surface area contributed by atoms with Crippen LogP contribution < -0.4 is 5.32 Å². The number of carbonyl (C=O) groups is 2. The minimum absolute atomic E-state index is 0.108. The minimum atomic E-state index is -1.05. The van der Waals surface area contributed by atoms with Crippen molar-refractivity contribution in [2.45, 2.75) is 39.7 Å². The zero-order chi connectivity index (χ0) is 15.3. The number of carboxylic acid groups (broad SMARTS) is 1. The average molecular weight is 278 g/mol. The van der Waals surface area contributed by atoms with Gasteiger partial charge in [-0.25, -0.2) is 9.59 Å². The van der Waals surface area contributed by atoms with Gasteiger partial charge in [0.25, 0.3) is 0 Å². The van der Waals surface area contributed by atoms with Gasteiger partial charge in [0.2, 0.25) is 0 Å². The van der Waals surface area contributed by atoms with Crippen LogP contribution in [0.25, 0.3) is 0 Å². The lowest BCUT2D eigenvalue weighted by Crippen LogP contribution is -2.39. The second kappa shape index (κ2) is 6.93. The summed E-state index contributed by atoms with van der Waals surface area (Å²) in [5.41, 5.74) is 1.27. The van der Waals surface area contributed by atoms with Gasteiger partial charge in [-0.2, -0.15) is 0 Å². The van der Waals surface area contributed by atoms with Crippen molar-refractivity contribution in [2.75, 3.05) is 12.4 Å². The van der Waals surface area contributed by atoms with Crippen molar-refractivity contribution >= 4 is 17.7 Å². The molecule has 0 spiro atoms. The van der Waals surface area contributed by atoms with Gasteiger partial charge >= 0.3 is 12.0 Å². The van der Waals surface area contributed by atoms with E-state index in [0.717, 1.165) is 18.4 Å². The van der Waals surface area contributed by atoms with Crippen molar-refractivity contribution in [1.82, 2.24) is 4.90 Å². The Balaban J connectivity index is 2.93. The molecule has 0 aliphatic rings. The van der Waals surface area contributed by atoms with E-state index in [1.807, 2.05) is 20.8 Å². The monoisotopic (exact) mass is 278 g/mol. The van der Waals surface area contributed by atoms with Crippen LogP contribution in [0.2, 0.25) is 0 Å². The molecule has 5 heteroatoms. The SMILES string of the molecule is CCC(CC)N(C)C(=O)Nc1ccc(C)cc1C(=O)O. The molecule has 0 aromatic heterocycles. The van der Waals surface area contributed by atoms with Crippen LogP contribution in [0.5, 0.6) is 0 Å². The van der Waals surface area contributed by atoms with Crippen molar-refractivity contribution in [1.29, 1.82) is 0 Å². The maximum absolute atomic E-state index is 12.2. The maximum Gasteiger partial charge on any atom is 0.337 e. The van der Waals surface area contributed by atoms with Gasteiger partial charge < -0.3 is 15.3 Å². The first-order valence-electron chi connectivity index (χ1n) is 6.78. The fourth-order valence-electron chi connectivity index (χ4n) is 2.15. The highest BCUT2D eigenvalue weighted by Gasteiger charge is 2.19. The molecule has 0 heterocycles. The van der Waals surface area contributed by atoms with Crippen LogP contribution in [-0.4, -0.2) is 35.1 Å². The Kier molecular flexibility index (Phi) is 5.55. The van der Waals surface area contributed by atoms with Gasteiger partial charge in [-0.3, -0.25) is 0 Å². The number of anilines is 1. The van der Waals surface area contributed by atoms with E-state index in [-0.39, 0.29) is 17.6 Å². The van der Waals surface area contributed by atoms with Crippen LogP contribution in [0.4, 0.5) is 10.5 Å². The van der Waals surface area contributed by atoms with Crippen molar-refractivity contribution in [2.24, 2.45) is 0 Å². The normalized spacial score (nSPS) is 10.4. The molecule has 110 valence electrons. The number of hydrogen-bond acceptors (Lipinski definition) is 2. The van der Waals surface area contributed by atoms with Gasteiger partial charge in [0.05, 0.1) is 11.3 Å². The molecule has 5 nitrogen and oxygen atoms in total. The van der Waals surface area contributed by atoms with Crippen molar-refractivity contribution in [3.8, 4) is 0 Å². The molecule has 2 amide bonds. The molecule has 1 aromatic carbocycles. The topological polar surface area (TPSA) is 69.6 Å². The summed E-state index contributed by atoms with van der Waals surface area (Å²) in [6.07, 6.45) is 1.72. The number of rotatable bonds is 5. The Labute approximate surface area is 119 Å². The lowest BCUT2D eigenvalue weighted by molar-refractivity contribution is 0.0698. The maximum atomic E-state index is 12.2. The summed E-state index contributed by atoms with van der Waals surface area (Å²) >= 11 is 0. The highest BCUT2D eigenvalue weighted by Crippen LogP contribution is 2.18. The van der Waals surface area contributed by atoms with Crippen molar-refractivity contribution in [3.63, 3.8) is 0 Å². The Morgan fingerprint density at radius 1 is 1.30 bits per heavy atom. The third-order valence-electron chi connectivity index (χ3n) is 3.46. The third-order valence-corrected chi connectivity index (χ3v) is 3.46. The molecule has 0 unspecified atom stereocenters. The molecule has 0 atom stereocenters. The van der Waals surface area contributed by atoms with Gasteiger partial charge in [-0.05, 0) is 31.9 Å². The molecule has 2 N–H and O–H groups in total. The zero-order valence-corrected chi connectivity index (χ0v) is 12.4. The average Bonchev–Trinajstić information content (AvgIpc) is 2.41. The Morgan fingerprint density at radius 2 is 1.90 bits per heavy atom. The molecule has 20 heavy (non-hydrogen) atoms. The second-order valence-electron chi connectivity index (χ2n) is 4.87. The van der Waals surface area contributed by atoms with E-state index in [1.54, 1.807) is 30.1 Å². The van der Waals surface area contributed by atoms with E-state index in [2.05, 4.69) is 5.32 Å². The number of benzene rings is 1. The molecular formula is C15H22N2O3. The number of amides is 2. The quantitative estimate of drug-likeness (QED) is 0.867. The van der Waals surface area contributed by atoms with Crippen molar-refractivity contribution in [3.05, 3.63) is 29.3 Å². The molecule has 0 radical (unpaired) electrons. The van der Waals surface area contributed by atoms with E-state index >= 15 is 0 Å². The Hall–Kier alpha value is -2.04. The molecule has 0 saturated carbocycles. The number of carbonyl (C=O) groups excluding carboxylic acids is 1. The van der Waals surface area contributed by atoms with Gasteiger partial charge in [0.1, 0.15) is 0 Å². The van der Waals surface area contributed by atoms with E-state index in [9.17, 15) is 14.7 Å². The molecule has 0 aliphatic carbocycles. The fourth-order valence-corrected chi connectivity index (χ4v) is 2.15. The largest absolute Gasteiger partial charge is 0.478 e. The van der Waals surface area contributed by atoms with Gasteiger partial charge in [-0.15, -0.1) is 0 Å². The number of nitrogens with one attached hydrogen (secondary N) is 1. The highest BCUT2D eigenvalue weighted by molar-refractivity contribution is 6.00. The molecule has 0 bridgehead atoms. The highest BCUT2D eigenvalue weighted by atomic mass is 16.4. The van der Waals surface area contributed by atoms with Gasteiger partial charge in [0.15, 0.2) is 0 Å². The standard InChI is InChI=1S/C15H22N2O3/c1-5-11(6-2)17(4)15(20)16-13-8-7-10(3)9-12(13)14(18)19/h7-9,11H,5-6H2,1-4H3,(H,16,20)(H,18,19). The van der Waals surface area contributed by atoms with E-state index in [4.69, 9.17) is 0 Å². The first-order valence-corrected chi connectivity index (χ1v) is 6.78. The summed E-state index contributed by atoms with van der Waals surface area (Å²) < 4.78 is 0. The molecular weight excluding hydrogens is 256 g/mol. The van der Waals surface area contributed by atoms with Crippen LogP contribution in [0.15, 0.2) is 18.2 Å². The predicted octanol–water partition coefficient (Wildman–Crippen LogP) is 3.35. The van der Waals surface area contributed by atoms with Gasteiger partial charge in [0, 0.05) is 13.1 Å². The number of hydrogen-bond donors (Lipinski definition) is 2. The van der Waals surface area contributed by atoms with Crippen LogP contribution >= 0.6 is 0 Å². The summed E-state index contributed by atoms with van der Waals surface area (Å²) in [7, 11) is 1.72. The van der Waals surface area contributed by atoms with Crippen LogP contribution in [0.3, 0.4) is 0 Å². The Bertz CT molecular complexity index is 496. The molecule has 1 rings (SSSR count). The van der Waals surface area contributed by atoms with Crippen LogP contribution in [0.1, 0.15) is 42.6 Å². The molecule has 0 saturated heterocycles. The van der Waals surface area contributed by atoms with E-state index < -0.39 is 5.97 Å². The summed E-state index contributed by atoms with van der Waals surface area (Å²) in [6, 6.07) is 4.81. The van der Waals surface area contributed by atoms with E-state index in [1.165, 1.54) is 0 Å². The second-order valence-corrected chi connectivity index (χ2v) is 4.87. The smallest absolute Gasteiger partial charge is 0.337 e. The summed E-state index contributed by atoms with van der Waals surface area (Å²) in [4.78, 5) is 25.0. The number of aryl methyl sites for hydroxylation is 1. The lowest BCUT2D eigenvalue weighted by Gasteiger charge is -2.26. The lowest BCUT2D eigenvalue weighted by atomic mass is 10.1. The first-order chi connectivity index (χ1) is 9.40. The van der Waals surface area contributed by atoms with E-state index in [0.29, 0.717) is 5.69 Å². The molecule has 0 fully saturated rings. The summed E-state index contributed by atoms with van der Waals surface area (Å²) in [6.45, 7) is 5.85. The fraction of sp³-hybridized carbons (Fsp3) is 0.467. The van der Waals surface area contributed by atoms with Crippen molar-refractivity contribution < 1.29 is 14.7 Å². The van der Waals surface area contributed by atoms with Crippen LogP contribution in [0, 0.1) is 6.92 Å². The van der Waals surface area contributed by atoms with Crippen LogP contribution in [-0.2, 0) is 0 Å². The number of nitrogens with zero attached hydrogens (tertiary/aromatic N) is 1. The number of urea groups is 1. The van der Waals surface area contributed by atoms with Gasteiger partial charge in [-0.1, -0.05) is 25.5 Å². The summed E-state index contributed by atoms with van der Waals surface area (Å²) in [5, 5.41) is 11.9. The Morgan fingerprint density at radius 3 is 2.40 bits per heavy atom. The summed E-state index contributed by atoms with van der Waals surface area (Å²) in [5.74, 6) is -1.05. The minimum Gasteiger partial charge on any atom is -0.478 e. The number of carboxylic acids is 1. The third kappa shape index (κ3) is 3.73. The zero-order valence-electron chi connectivity index (χ0n) is 12.4. The number of aromatic carboxylic acids is 1.